The summed E-state index contributed by atoms with van der Waals surface area (Å²) < 4.78 is 0. The van der Waals surface area contributed by atoms with E-state index < -0.39 is 0 Å². The van der Waals surface area contributed by atoms with Gasteiger partial charge in [-0.15, -0.1) is 0 Å². The van der Waals surface area contributed by atoms with E-state index in [2.05, 4.69) is 64.5 Å². The molecule has 3 rings (SSSR count). The minimum absolute atomic E-state index is 1.06. The number of hydrogen-bond donors (Lipinski definition) is 1. The zero-order valence-corrected chi connectivity index (χ0v) is 12.9. The second-order valence-electron chi connectivity index (χ2n) is 5.67. The van der Waals surface area contributed by atoms with Crippen LogP contribution in [0.4, 0.5) is 5.69 Å². The smallest absolute Gasteiger partial charge is 0.0446 e. The van der Waals surface area contributed by atoms with Crippen molar-refractivity contribution in [2.45, 2.75) is 6.92 Å². The van der Waals surface area contributed by atoms with Crippen molar-refractivity contribution in [2.24, 2.45) is 0 Å². The van der Waals surface area contributed by atoms with E-state index in [1.54, 1.807) is 0 Å². The molecule has 112 valence electrons. The number of hydrogen-bond acceptors (Lipinski definition) is 3. The van der Waals surface area contributed by atoms with E-state index in [1.807, 2.05) is 0 Å². The lowest BCUT2D eigenvalue weighted by Crippen LogP contribution is -2.46. The zero-order chi connectivity index (χ0) is 14.5. The molecule has 2 aromatic rings. The fourth-order valence-electron chi connectivity index (χ4n) is 3.13. The molecule has 0 spiro atoms. The van der Waals surface area contributed by atoms with Gasteiger partial charge in [0, 0.05) is 56.9 Å². The average molecular weight is 283 g/mol. The second-order valence-corrected chi connectivity index (χ2v) is 5.67. The SMILES string of the molecule is CCN(CCN1CCNCC1)c1cccc2ccccc12. The highest BCUT2D eigenvalue weighted by molar-refractivity contribution is 5.94. The van der Waals surface area contributed by atoms with Crippen molar-refractivity contribution in [2.75, 3.05) is 50.7 Å². The third-order valence-electron chi connectivity index (χ3n) is 4.38. The Kier molecular flexibility index (Phi) is 4.73. The van der Waals surface area contributed by atoms with Crippen molar-refractivity contribution in [1.82, 2.24) is 10.2 Å². The van der Waals surface area contributed by atoms with Crippen LogP contribution in [0.1, 0.15) is 6.92 Å². The van der Waals surface area contributed by atoms with Gasteiger partial charge in [0.1, 0.15) is 0 Å². The van der Waals surface area contributed by atoms with Gasteiger partial charge in [-0.05, 0) is 18.4 Å². The number of nitrogens with zero attached hydrogens (tertiary/aromatic N) is 2. The Balaban J connectivity index is 1.75. The molecule has 1 aliphatic heterocycles. The highest BCUT2D eigenvalue weighted by Gasteiger charge is 2.12. The van der Waals surface area contributed by atoms with E-state index in [9.17, 15) is 0 Å². The fourth-order valence-corrected chi connectivity index (χ4v) is 3.13. The predicted octanol–water partition coefficient (Wildman–Crippen LogP) is 2.57. The van der Waals surface area contributed by atoms with Gasteiger partial charge in [0.05, 0.1) is 0 Å². The van der Waals surface area contributed by atoms with Crippen LogP contribution in [0.25, 0.3) is 10.8 Å². The summed E-state index contributed by atoms with van der Waals surface area (Å²) in [5.41, 5.74) is 1.37. The van der Waals surface area contributed by atoms with Gasteiger partial charge >= 0.3 is 0 Å². The van der Waals surface area contributed by atoms with Crippen molar-refractivity contribution < 1.29 is 0 Å². The summed E-state index contributed by atoms with van der Waals surface area (Å²) in [7, 11) is 0. The number of piperazine rings is 1. The molecule has 0 radical (unpaired) electrons. The quantitative estimate of drug-likeness (QED) is 0.910. The third kappa shape index (κ3) is 3.36. The second kappa shape index (κ2) is 6.92. The van der Waals surface area contributed by atoms with Crippen molar-refractivity contribution in [3.05, 3.63) is 42.5 Å². The molecule has 3 heteroatoms. The molecule has 1 fully saturated rings. The molecule has 0 atom stereocenters. The molecular weight excluding hydrogens is 258 g/mol. The predicted molar refractivity (Wildman–Crippen MR) is 91.1 cm³/mol. The third-order valence-corrected chi connectivity index (χ3v) is 4.38. The Morgan fingerprint density at radius 2 is 1.81 bits per heavy atom. The maximum absolute atomic E-state index is 3.42. The van der Waals surface area contributed by atoms with Crippen LogP contribution in [0.5, 0.6) is 0 Å². The Morgan fingerprint density at radius 3 is 2.62 bits per heavy atom. The van der Waals surface area contributed by atoms with Gasteiger partial charge < -0.3 is 10.2 Å². The van der Waals surface area contributed by atoms with Crippen LogP contribution < -0.4 is 10.2 Å². The van der Waals surface area contributed by atoms with Crippen LogP contribution in [0.2, 0.25) is 0 Å². The minimum atomic E-state index is 1.06. The molecule has 3 nitrogen and oxygen atoms in total. The minimum Gasteiger partial charge on any atom is -0.370 e. The van der Waals surface area contributed by atoms with Crippen molar-refractivity contribution >= 4 is 16.5 Å². The molecule has 21 heavy (non-hydrogen) atoms. The lowest BCUT2D eigenvalue weighted by atomic mass is 10.1. The van der Waals surface area contributed by atoms with E-state index in [1.165, 1.54) is 29.5 Å². The molecule has 0 saturated carbocycles. The van der Waals surface area contributed by atoms with E-state index >= 15 is 0 Å². The molecule has 0 aromatic heterocycles. The molecule has 1 saturated heterocycles. The van der Waals surface area contributed by atoms with E-state index in [-0.39, 0.29) is 0 Å². The Labute approximate surface area is 127 Å². The van der Waals surface area contributed by atoms with Gasteiger partial charge in [0.25, 0.3) is 0 Å². The maximum atomic E-state index is 3.42. The normalized spacial score (nSPS) is 16.2. The number of likely N-dealkylation sites (N-methyl/N-ethyl adjacent to an activating group) is 1. The van der Waals surface area contributed by atoms with E-state index in [4.69, 9.17) is 0 Å². The fraction of sp³-hybridized carbons (Fsp3) is 0.444. The summed E-state index contributed by atoms with van der Waals surface area (Å²) in [4.78, 5) is 5.06. The van der Waals surface area contributed by atoms with E-state index in [0.717, 1.165) is 32.7 Å². The summed E-state index contributed by atoms with van der Waals surface area (Å²) in [5, 5.41) is 6.11. The summed E-state index contributed by atoms with van der Waals surface area (Å²) in [6, 6.07) is 15.3. The molecule has 0 amide bonds. The van der Waals surface area contributed by atoms with Gasteiger partial charge in [-0.25, -0.2) is 0 Å². The first-order valence-electron chi connectivity index (χ1n) is 8.04. The van der Waals surface area contributed by atoms with Crippen LogP contribution in [0.3, 0.4) is 0 Å². The summed E-state index contributed by atoms with van der Waals surface area (Å²) >= 11 is 0. The summed E-state index contributed by atoms with van der Waals surface area (Å²) in [6.07, 6.45) is 0. The lowest BCUT2D eigenvalue weighted by molar-refractivity contribution is 0.246. The molecular formula is C18H25N3. The molecule has 0 unspecified atom stereocenters. The number of benzene rings is 2. The molecule has 1 aliphatic rings. The Bertz CT molecular complexity index is 570. The van der Waals surface area contributed by atoms with Crippen molar-refractivity contribution in [3.63, 3.8) is 0 Å². The van der Waals surface area contributed by atoms with Crippen LogP contribution in [-0.2, 0) is 0 Å². The molecule has 1 heterocycles. The van der Waals surface area contributed by atoms with Gasteiger partial charge in [-0.1, -0.05) is 36.4 Å². The van der Waals surface area contributed by atoms with Crippen LogP contribution in [-0.4, -0.2) is 50.7 Å². The molecule has 0 aliphatic carbocycles. The number of anilines is 1. The number of rotatable bonds is 5. The summed E-state index contributed by atoms with van der Waals surface area (Å²) in [5.74, 6) is 0. The molecule has 2 aromatic carbocycles. The van der Waals surface area contributed by atoms with Crippen LogP contribution in [0.15, 0.2) is 42.5 Å². The monoisotopic (exact) mass is 283 g/mol. The van der Waals surface area contributed by atoms with Gasteiger partial charge in [-0.2, -0.15) is 0 Å². The topological polar surface area (TPSA) is 18.5 Å². The number of fused-ring (bicyclic) bond motifs is 1. The first-order valence-corrected chi connectivity index (χ1v) is 8.04. The first-order chi connectivity index (χ1) is 10.4. The highest BCUT2D eigenvalue weighted by atomic mass is 15.2. The van der Waals surface area contributed by atoms with Crippen molar-refractivity contribution in [1.29, 1.82) is 0 Å². The molecule has 1 N–H and O–H groups in total. The standard InChI is InChI=1S/C18H25N3/c1-2-21(15-14-20-12-10-19-11-13-20)18-9-5-7-16-6-3-4-8-17(16)18/h3-9,19H,2,10-15H2,1H3. The maximum Gasteiger partial charge on any atom is 0.0446 e. The largest absolute Gasteiger partial charge is 0.370 e. The first kappa shape index (κ1) is 14.4. The highest BCUT2D eigenvalue weighted by Crippen LogP contribution is 2.26. The van der Waals surface area contributed by atoms with E-state index in [0.29, 0.717) is 0 Å². The molecule has 0 bridgehead atoms. The van der Waals surface area contributed by atoms with Gasteiger partial charge in [0.15, 0.2) is 0 Å². The lowest BCUT2D eigenvalue weighted by Gasteiger charge is -2.31. The zero-order valence-electron chi connectivity index (χ0n) is 12.9. The van der Waals surface area contributed by atoms with Gasteiger partial charge in [-0.3, -0.25) is 4.90 Å². The average Bonchev–Trinajstić information content (AvgIpc) is 2.56. The summed E-state index contributed by atoms with van der Waals surface area (Å²) in [6.45, 7) is 10.2. The van der Waals surface area contributed by atoms with Crippen LogP contribution in [0, 0.1) is 0 Å². The van der Waals surface area contributed by atoms with Gasteiger partial charge in [0.2, 0.25) is 0 Å². The Hall–Kier alpha value is -1.58. The number of nitrogens with one attached hydrogen (secondary N) is 1. The van der Waals surface area contributed by atoms with Crippen LogP contribution >= 0.6 is 0 Å². The Morgan fingerprint density at radius 1 is 1.05 bits per heavy atom. The van der Waals surface area contributed by atoms with Crippen molar-refractivity contribution in [3.8, 4) is 0 Å².